The Bertz CT molecular complexity index is 449. The van der Waals surface area contributed by atoms with Crippen molar-refractivity contribution in [2.75, 3.05) is 18.5 Å². The number of aliphatic hydroxyl groups excluding tert-OH is 1. The zero-order valence-electron chi connectivity index (χ0n) is 12.5. The lowest BCUT2D eigenvalue weighted by Crippen LogP contribution is -2.22. The number of ether oxygens (including phenoxy) is 1. The number of anilines is 1. The Morgan fingerprint density at radius 1 is 1.50 bits per heavy atom. The maximum absolute atomic E-state index is 11.6. The summed E-state index contributed by atoms with van der Waals surface area (Å²) in [6, 6.07) is 0. The minimum Gasteiger partial charge on any atom is -0.462 e. The molecule has 1 unspecified atom stereocenters. The molecule has 1 aromatic heterocycles. The third kappa shape index (κ3) is 5.13. The number of nitrogens with zero attached hydrogens (tertiary/aromatic N) is 2. The highest BCUT2D eigenvalue weighted by Crippen LogP contribution is 2.10. The minimum absolute atomic E-state index is 0.319. The Labute approximate surface area is 119 Å². The van der Waals surface area contributed by atoms with E-state index in [2.05, 4.69) is 29.1 Å². The Morgan fingerprint density at radius 3 is 2.75 bits per heavy atom. The van der Waals surface area contributed by atoms with Gasteiger partial charge in [0, 0.05) is 12.7 Å². The molecule has 0 aliphatic rings. The number of carbonyl (C=O) groups is 1. The zero-order chi connectivity index (χ0) is 15.1. The van der Waals surface area contributed by atoms with Gasteiger partial charge in [0.25, 0.3) is 0 Å². The Hall–Kier alpha value is -1.69. The van der Waals surface area contributed by atoms with Gasteiger partial charge in [-0.05, 0) is 26.2 Å². The van der Waals surface area contributed by atoms with E-state index in [1.807, 2.05) is 0 Å². The molecule has 1 rings (SSSR count). The third-order valence-corrected chi connectivity index (χ3v) is 2.71. The largest absolute Gasteiger partial charge is 0.462 e. The van der Waals surface area contributed by atoms with Crippen molar-refractivity contribution in [3.05, 3.63) is 17.5 Å². The number of hydrogen-bond donors (Lipinski definition) is 2. The molecule has 6 heteroatoms. The first-order valence-corrected chi connectivity index (χ1v) is 6.86. The van der Waals surface area contributed by atoms with Crippen LogP contribution in [0.25, 0.3) is 0 Å². The summed E-state index contributed by atoms with van der Waals surface area (Å²) in [5, 5.41) is 12.7. The van der Waals surface area contributed by atoms with Gasteiger partial charge in [0.2, 0.25) is 5.95 Å². The van der Waals surface area contributed by atoms with Crippen molar-refractivity contribution >= 4 is 11.9 Å². The molecule has 0 aliphatic carbocycles. The van der Waals surface area contributed by atoms with Crippen LogP contribution in [-0.2, 0) is 4.74 Å². The Balaban J connectivity index is 2.61. The van der Waals surface area contributed by atoms with Crippen molar-refractivity contribution in [2.45, 2.75) is 40.2 Å². The molecule has 1 heterocycles. The maximum atomic E-state index is 11.6. The standard InChI is InChI=1S/C14H23N3O3/c1-5-20-13(19)12-8-16-14(17-10(12)4)15-7-11(18)6-9(2)3/h8-9,11,18H,5-7H2,1-4H3,(H,15,16,17). The quantitative estimate of drug-likeness (QED) is 0.741. The highest BCUT2D eigenvalue weighted by molar-refractivity contribution is 5.90. The van der Waals surface area contributed by atoms with Gasteiger partial charge in [-0.1, -0.05) is 13.8 Å². The average Bonchev–Trinajstić information content (AvgIpc) is 2.35. The van der Waals surface area contributed by atoms with Crippen LogP contribution in [0, 0.1) is 12.8 Å². The second kappa shape index (κ2) is 7.79. The molecule has 0 aromatic carbocycles. The van der Waals surface area contributed by atoms with Crippen molar-refractivity contribution in [2.24, 2.45) is 5.92 Å². The van der Waals surface area contributed by atoms with Crippen molar-refractivity contribution in [1.82, 2.24) is 9.97 Å². The van der Waals surface area contributed by atoms with E-state index in [0.29, 0.717) is 42.7 Å². The van der Waals surface area contributed by atoms with Gasteiger partial charge in [-0.3, -0.25) is 0 Å². The number of hydrogen-bond acceptors (Lipinski definition) is 6. The average molecular weight is 281 g/mol. The second-order valence-electron chi connectivity index (χ2n) is 5.08. The summed E-state index contributed by atoms with van der Waals surface area (Å²) in [7, 11) is 0. The predicted octanol–water partition coefficient (Wildman–Crippen LogP) is 1.78. The third-order valence-electron chi connectivity index (χ3n) is 2.71. The molecule has 112 valence electrons. The van der Waals surface area contributed by atoms with Gasteiger partial charge in [0.05, 0.1) is 24.0 Å². The first-order chi connectivity index (χ1) is 9.43. The number of carbonyl (C=O) groups excluding carboxylic acids is 1. The van der Waals surface area contributed by atoms with E-state index in [0.717, 1.165) is 0 Å². The molecule has 1 atom stereocenters. The minimum atomic E-state index is -0.441. The summed E-state index contributed by atoms with van der Waals surface area (Å²) in [4.78, 5) is 19.9. The monoisotopic (exact) mass is 281 g/mol. The second-order valence-corrected chi connectivity index (χ2v) is 5.08. The number of aryl methyl sites for hydroxylation is 1. The van der Waals surface area contributed by atoms with Crippen LogP contribution in [0.1, 0.15) is 43.2 Å². The predicted molar refractivity (Wildman–Crippen MR) is 76.7 cm³/mol. The summed E-state index contributed by atoms with van der Waals surface area (Å²) >= 11 is 0. The van der Waals surface area contributed by atoms with E-state index >= 15 is 0 Å². The fourth-order valence-electron chi connectivity index (χ4n) is 1.80. The lowest BCUT2D eigenvalue weighted by atomic mass is 10.1. The molecule has 20 heavy (non-hydrogen) atoms. The van der Waals surface area contributed by atoms with Crippen LogP contribution < -0.4 is 5.32 Å². The molecular weight excluding hydrogens is 258 g/mol. The summed E-state index contributed by atoms with van der Waals surface area (Å²) in [5.74, 6) is 0.412. The fourth-order valence-corrected chi connectivity index (χ4v) is 1.80. The summed E-state index contributed by atoms with van der Waals surface area (Å²) < 4.78 is 4.91. The molecule has 0 aliphatic heterocycles. The maximum Gasteiger partial charge on any atom is 0.341 e. The first kappa shape index (κ1) is 16.4. The molecule has 0 bridgehead atoms. The molecule has 0 radical (unpaired) electrons. The number of aromatic nitrogens is 2. The van der Waals surface area contributed by atoms with E-state index in [9.17, 15) is 9.90 Å². The van der Waals surface area contributed by atoms with Crippen molar-refractivity contribution in [3.8, 4) is 0 Å². The molecule has 2 N–H and O–H groups in total. The number of rotatable bonds is 7. The van der Waals surface area contributed by atoms with Crippen LogP contribution in [0.15, 0.2) is 6.20 Å². The zero-order valence-corrected chi connectivity index (χ0v) is 12.5. The van der Waals surface area contributed by atoms with Crippen molar-refractivity contribution in [1.29, 1.82) is 0 Å². The first-order valence-electron chi connectivity index (χ1n) is 6.86. The smallest absolute Gasteiger partial charge is 0.341 e. The molecule has 0 spiro atoms. The van der Waals surface area contributed by atoms with Gasteiger partial charge in [-0.25, -0.2) is 14.8 Å². The fraction of sp³-hybridized carbons (Fsp3) is 0.643. The summed E-state index contributed by atoms with van der Waals surface area (Å²) in [5.41, 5.74) is 0.916. The Morgan fingerprint density at radius 2 is 2.20 bits per heavy atom. The molecule has 0 amide bonds. The molecule has 0 fully saturated rings. The van der Waals surface area contributed by atoms with Gasteiger partial charge in [0.15, 0.2) is 0 Å². The van der Waals surface area contributed by atoms with Crippen molar-refractivity contribution in [3.63, 3.8) is 0 Å². The van der Waals surface area contributed by atoms with Crippen LogP contribution >= 0.6 is 0 Å². The molecule has 1 aromatic rings. The van der Waals surface area contributed by atoms with Gasteiger partial charge >= 0.3 is 5.97 Å². The topological polar surface area (TPSA) is 84.3 Å². The SMILES string of the molecule is CCOC(=O)c1cnc(NCC(O)CC(C)C)nc1C. The normalized spacial score (nSPS) is 12.3. The van der Waals surface area contributed by atoms with Crippen LogP contribution in [-0.4, -0.2) is 40.3 Å². The lowest BCUT2D eigenvalue weighted by molar-refractivity contribution is 0.0524. The van der Waals surface area contributed by atoms with E-state index in [1.165, 1.54) is 6.20 Å². The molecule has 6 nitrogen and oxygen atoms in total. The van der Waals surface area contributed by atoms with E-state index in [4.69, 9.17) is 4.74 Å². The van der Waals surface area contributed by atoms with E-state index in [-0.39, 0.29) is 0 Å². The number of esters is 1. The molecular formula is C14H23N3O3. The van der Waals surface area contributed by atoms with E-state index < -0.39 is 12.1 Å². The van der Waals surface area contributed by atoms with Crippen LogP contribution in [0.4, 0.5) is 5.95 Å². The highest BCUT2D eigenvalue weighted by atomic mass is 16.5. The van der Waals surface area contributed by atoms with Gasteiger partial charge < -0.3 is 15.2 Å². The van der Waals surface area contributed by atoms with Gasteiger partial charge in [-0.15, -0.1) is 0 Å². The summed E-state index contributed by atoms with van der Waals surface area (Å²) in [6.45, 7) is 8.29. The number of nitrogens with one attached hydrogen (secondary N) is 1. The van der Waals surface area contributed by atoms with Crippen molar-refractivity contribution < 1.29 is 14.6 Å². The summed E-state index contributed by atoms with van der Waals surface area (Å²) in [6.07, 6.45) is 1.72. The van der Waals surface area contributed by atoms with Gasteiger partial charge in [-0.2, -0.15) is 0 Å². The van der Waals surface area contributed by atoms with E-state index in [1.54, 1.807) is 13.8 Å². The molecule has 0 saturated heterocycles. The van der Waals surface area contributed by atoms with Gasteiger partial charge in [0.1, 0.15) is 0 Å². The van der Waals surface area contributed by atoms with Crippen LogP contribution in [0.3, 0.4) is 0 Å². The van der Waals surface area contributed by atoms with Crippen LogP contribution in [0.5, 0.6) is 0 Å². The van der Waals surface area contributed by atoms with Crippen LogP contribution in [0.2, 0.25) is 0 Å². The highest BCUT2D eigenvalue weighted by Gasteiger charge is 2.13. The number of aliphatic hydroxyl groups is 1. The lowest BCUT2D eigenvalue weighted by Gasteiger charge is -2.14. The molecule has 0 saturated carbocycles. The Kier molecular flexibility index (Phi) is 6.38.